The first kappa shape index (κ1) is 17.3. The van der Waals surface area contributed by atoms with E-state index in [9.17, 15) is 5.26 Å². The first-order chi connectivity index (χ1) is 13.2. The summed E-state index contributed by atoms with van der Waals surface area (Å²) in [5, 5.41) is 13.8. The van der Waals surface area contributed by atoms with Gasteiger partial charge in [0.05, 0.1) is 23.3 Å². The summed E-state index contributed by atoms with van der Waals surface area (Å²) in [4.78, 5) is 10.8. The van der Waals surface area contributed by atoms with Crippen molar-refractivity contribution in [1.82, 2.24) is 9.97 Å². The van der Waals surface area contributed by atoms with Gasteiger partial charge >= 0.3 is 0 Å². The molecule has 3 aromatic rings. The quantitative estimate of drug-likeness (QED) is 0.771. The van der Waals surface area contributed by atoms with E-state index in [4.69, 9.17) is 4.74 Å². The number of morpholine rings is 1. The Kier molecular flexibility index (Phi) is 4.86. The van der Waals surface area contributed by atoms with Gasteiger partial charge in [0, 0.05) is 55.0 Å². The highest BCUT2D eigenvalue weighted by molar-refractivity contribution is 5.95. The topological polar surface area (TPSA) is 74.1 Å². The lowest BCUT2D eigenvalue weighted by atomic mass is 10.1. The van der Waals surface area contributed by atoms with E-state index in [0.29, 0.717) is 5.56 Å². The Labute approximate surface area is 158 Å². The smallest absolute Gasteiger partial charge is 0.101 e. The molecule has 27 heavy (non-hydrogen) atoms. The van der Waals surface area contributed by atoms with Gasteiger partial charge in [-0.15, -0.1) is 0 Å². The van der Waals surface area contributed by atoms with Gasteiger partial charge in [0.1, 0.15) is 6.07 Å². The molecule has 2 atom stereocenters. The van der Waals surface area contributed by atoms with Crippen molar-refractivity contribution >= 4 is 22.3 Å². The second-order valence-electron chi connectivity index (χ2n) is 6.73. The SMILES string of the molecule is C[C@@H]1CN(c2ccc(C#N)c3ncccc23)C[C@H](CNc2ccncc2)O1. The van der Waals surface area contributed by atoms with Gasteiger partial charge in [-0.05, 0) is 43.3 Å². The summed E-state index contributed by atoms with van der Waals surface area (Å²) in [5.41, 5.74) is 3.49. The molecule has 6 nitrogen and oxygen atoms in total. The second-order valence-corrected chi connectivity index (χ2v) is 6.73. The Morgan fingerprint density at radius 3 is 2.85 bits per heavy atom. The molecule has 0 unspecified atom stereocenters. The van der Waals surface area contributed by atoms with Crippen LogP contribution >= 0.6 is 0 Å². The van der Waals surface area contributed by atoms with Crippen LogP contribution in [0, 0.1) is 11.3 Å². The van der Waals surface area contributed by atoms with E-state index < -0.39 is 0 Å². The Hall–Kier alpha value is -3.17. The maximum atomic E-state index is 9.36. The summed E-state index contributed by atoms with van der Waals surface area (Å²) in [6.07, 6.45) is 5.45. The highest BCUT2D eigenvalue weighted by atomic mass is 16.5. The van der Waals surface area contributed by atoms with E-state index in [1.807, 2.05) is 36.4 Å². The zero-order valence-corrected chi connectivity index (χ0v) is 15.2. The van der Waals surface area contributed by atoms with Gasteiger partial charge in [0.25, 0.3) is 0 Å². The van der Waals surface area contributed by atoms with Crippen molar-refractivity contribution in [3.05, 3.63) is 60.6 Å². The van der Waals surface area contributed by atoms with Crippen molar-refractivity contribution in [3.8, 4) is 6.07 Å². The Morgan fingerprint density at radius 1 is 1.19 bits per heavy atom. The maximum absolute atomic E-state index is 9.36. The average Bonchev–Trinajstić information content (AvgIpc) is 2.72. The summed E-state index contributed by atoms with van der Waals surface area (Å²) in [7, 11) is 0. The minimum absolute atomic E-state index is 0.0595. The largest absolute Gasteiger partial charge is 0.382 e. The van der Waals surface area contributed by atoms with E-state index in [1.165, 1.54) is 0 Å². The third kappa shape index (κ3) is 3.69. The van der Waals surface area contributed by atoms with Gasteiger partial charge in [0.15, 0.2) is 0 Å². The lowest BCUT2D eigenvalue weighted by Crippen LogP contribution is -2.49. The number of nitrogens with one attached hydrogen (secondary N) is 1. The summed E-state index contributed by atoms with van der Waals surface area (Å²) in [5.74, 6) is 0. The standard InChI is InChI=1S/C21H21N5O/c1-15-13-26(14-18(27-15)12-25-17-6-9-23-10-7-17)20-5-4-16(11-22)21-19(20)3-2-8-24-21/h2-10,15,18H,12-14H2,1H3,(H,23,25)/t15-,18+/m1/s1. The third-order valence-electron chi connectivity index (χ3n) is 4.75. The number of rotatable bonds is 4. The van der Waals surface area contributed by atoms with E-state index in [0.717, 1.165) is 41.9 Å². The molecule has 1 aromatic carbocycles. The molecule has 2 aromatic heterocycles. The van der Waals surface area contributed by atoms with E-state index in [-0.39, 0.29) is 12.2 Å². The molecule has 0 saturated carbocycles. The zero-order valence-electron chi connectivity index (χ0n) is 15.2. The van der Waals surface area contributed by atoms with Gasteiger partial charge in [0.2, 0.25) is 0 Å². The summed E-state index contributed by atoms with van der Waals surface area (Å²) < 4.78 is 6.13. The van der Waals surface area contributed by atoms with E-state index in [2.05, 4.69) is 33.2 Å². The minimum atomic E-state index is 0.0595. The van der Waals surface area contributed by atoms with Crippen molar-refractivity contribution in [1.29, 1.82) is 5.26 Å². The first-order valence-electron chi connectivity index (χ1n) is 9.06. The number of anilines is 2. The number of benzene rings is 1. The van der Waals surface area contributed by atoms with Gasteiger partial charge < -0.3 is 15.0 Å². The molecule has 1 saturated heterocycles. The van der Waals surface area contributed by atoms with Crippen LogP contribution in [0.15, 0.2) is 55.0 Å². The molecule has 0 radical (unpaired) electrons. The van der Waals surface area contributed by atoms with Crippen LogP contribution in [-0.4, -0.2) is 41.8 Å². The normalized spacial score (nSPS) is 19.6. The molecule has 1 aliphatic rings. The molecule has 4 rings (SSSR count). The third-order valence-corrected chi connectivity index (χ3v) is 4.75. The lowest BCUT2D eigenvalue weighted by molar-refractivity contribution is -0.00820. The number of pyridine rings is 2. The molecule has 1 aliphatic heterocycles. The molecular formula is C21H21N5O. The lowest BCUT2D eigenvalue weighted by Gasteiger charge is -2.39. The molecule has 1 fully saturated rings. The van der Waals surface area contributed by atoms with Crippen molar-refractivity contribution in [2.75, 3.05) is 29.9 Å². The molecular weight excluding hydrogens is 338 g/mol. The molecule has 6 heteroatoms. The predicted octanol–water partition coefficient (Wildman–Crippen LogP) is 3.21. The molecule has 0 aliphatic carbocycles. The monoisotopic (exact) mass is 359 g/mol. The van der Waals surface area contributed by atoms with Gasteiger partial charge in [-0.1, -0.05) is 0 Å². The van der Waals surface area contributed by atoms with Gasteiger partial charge in [-0.3, -0.25) is 9.97 Å². The van der Waals surface area contributed by atoms with E-state index >= 15 is 0 Å². The molecule has 3 heterocycles. The van der Waals surface area contributed by atoms with Crippen molar-refractivity contribution in [3.63, 3.8) is 0 Å². The second kappa shape index (κ2) is 7.60. The number of hydrogen-bond donors (Lipinski definition) is 1. The van der Waals surface area contributed by atoms with E-state index in [1.54, 1.807) is 18.6 Å². The average molecular weight is 359 g/mol. The molecule has 0 bridgehead atoms. The molecule has 1 N–H and O–H groups in total. The van der Waals surface area contributed by atoms with Crippen LogP contribution in [-0.2, 0) is 4.74 Å². The Bertz CT molecular complexity index is 969. The van der Waals surface area contributed by atoms with Crippen LogP contribution in [0.4, 0.5) is 11.4 Å². The van der Waals surface area contributed by atoms with Gasteiger partial charge in [-0.25, -0.2) is 0 Å². The van der Waals surface area contributed by atoms with Crippen LogP contribution in [0.1, 0.15) is 12.5 Å². The zero-order chi connectivity index (χ0) is 18.6. The fraction of sp³-hybridized carbons (Fsp3) is 0.286. The molecule has 0 amide bonds. The maximum Gasteiger partial charge on any atom is 0.101 e. The van der Waals surface area contributed by atoms with Crippen LogP contribution in [0.3, 0.4) is 0 Å². The summed E-state index contributed by atoms with van der Waals surface area (Å²) in [6, 6.07) is 14.0. The van der Waals surface area contributed by atoms with Crippen molar-refractivity contribution in [2.45, 2.75) is 19.1 Å². The highest BCUT2D eigenvalue weighted by Gasteiger charge is 2.26. The Morgan fingerprint density at radius 2 is 2.04 bits per heavy atom. The number of hydrogen-bond acceptors (Lipinski definition) is 6. The number of fused-ring (bicyclic) bond motifs is 1. The number of nitriles is 1. The summed E-state index contributed by atoms with van der Waals surface area (Å²) >= 11 is 0. The fourth-order valence-electron chi connectivity index (χ4n) is 3.58. The van der Waals surface area contributed by atoms with Crippen molar-refractivity contribution < 1.29 is 4.74 Å². The van der Waals surface area contributed by atoms with Crippen molar-refractivity contribution in [2.24, 2.45) is 0 Å². The fourth-order valence-corrected chi connectivity index (χ4v) is 3.58. The molecule has 0 spiro atoms. The highest BCUT2D eigenvalue weighted by Crippen LogP contribution is 2.30. The van der Waals surface area contributed by atoms with Crippen LogP contribution in [0.5, 0.6) is 0 Å². The first-order valence-corrected chi connectivity index (χ1v) is 9.06. The Balaban J connectivity index is 1.57. The van der Waals surface area contributed by atoms with Crippen LogP contribution in [0.2, 0.25) is 0 Å². The number of aromatic nitrogens is 2. The number of nitrogens with zero attached hydrogens (tertiary/aromatic N) is 4. The van der Waals surface area contributed by atoms with Crippen LogP contribution in [0.25, 0.3) is 10.9 Å². The minimum Gasteiger partial charge on any atom is -0.382 e. The van der Waals surface area contributed by atoms with Gasteiger partial charge in [-0.2, -0.15) is 5.26 Å². The number of ether oxygens (including phenoxy) is 1. The molecule has 136 valence electrons. The summed E-state index contributed by atoms with van der Waals surface area (Å²) in [6.45, 7) is 4.40. The predicted molar refractivity (Wildman–Crippen MR) is 106 cm³/mol. The van der Waals surface area contributed by atoms with Crippen LogP contribution < -0.4 is 10.2 Å².